The number of rotatable bonds is 9. The lowest BCUT2D eigenvalue weighted by Crippen LogP contribution is -2.30. The number of carbonyl (C=O) groups is 3. The van der Waals surface area contributed by atoms with Crippen LogP contribution < -0.4 is 14.8 Å². The van der Waals surface area contributed by atoms with Crippen molar-refractivity contribution in [1.29, 1.82) is 0 Å². The van der Waals surface area contributed by atoms with Crippen LogP contribution in [0.3, 0.4) is 0 Å². The van der Waals surface area contributed by atoms with Crippen molar-refractivity contribution in [1.82, 2.24) is 10.2 Å². The Hall–Kier alpha value is -5.65. The molecule has 1 aliphatic heterocycles. The van der Waals surface area contributed by atoms with Crippen LogP contribution in [0, 0.1) is 10.1 Å². The number of esters is 1. The number of furan rings is 1. The van der Waals surface area contributed by atoms with Gasteiger partial charge in [-0.25, -0.2) is 9.59 Å². The van der Waals surface area contributed by atoms with Crippen molar-refractivity contribution in [2.75, 3.05) is 14.2 Å². The smallest absolute Gasteiger partial charge is 0.373 e. The van der Waals surface area contributed by atoms with E-state index in [9.17, 15) is 24.5 Å². The predicted octanol–water partition coefficient (Wildman–Crippen LogP) is 4.81. The number of carbonyl (C=O) groups excluding carboxylic acids is 3. The van der Waals surface area contributed by atoms with Gasteiger partial charge in [-0.2, -0.15) is 0 Å². The molecule has 0 bridgehead atoms. The van der Waals surface area contributed by atoms with Crippen molar-refractivity contribution in [2.45, 2.75) is 13.2 Å². The fourth-order valence-electron chi connectivity index (χ4n) is 4.40. The molecular weight excluding hydrogens is 534 g/mol. The highest BCUT2D eigenvalue weighted by atomic mass is 16.6. The molecule has 1 N–H and O–H groups in total. The second-order valence-corrected chi connectivity index (χ2v) is 8.89. The molecule has 5 rings (SSSR count). The molecule has 208 valence electrons. The van der Waals surface area contributed by atoms with E-state index in [1.165, 1.54) is 44.6 Å². The number of fused-ring (bicyclic) bond motifs is 1. The number of hydrogen-bond donors (Lipinski definition) is 1. The Morgan fingerprint density at radius 1 is 1.07 bits per heavy atom. The van der Waals surface area contributed by atoms with Crippen molar-refractivity contribution < 1.29 is 37.9 Å². The van der Waals surface area contributed by atoms with Crippen molar-refractivity contribution in [3.05, 3.63) is 105 Å². The number of methoxy groups -OCH3 is 2. The number of nitrogens with zero attached hydrogens (tertiary/aromatic N) is 2. The molecule has 0 radical (unpaired) electrons. The Morgan fingerprint density at radius 3 is 2.61 bits per heavy atom. The summed E-state index contributed by atoms with van der Waals surface area (Å²) >= 11 is 0. The van der Waals surface area contributed by atoms with Gasteiger partial charge in [0.25, 0.3) is 5.91 Å². The van der Waals surface area contributed by atoms with Gasteiger partial charge in [0, 0.05) is 6.07 Å². The molecule has 4 aromatic rings. The minimum Gasteiger partial charge on any atom is -0.493 e. The van der Waals surface area contributed by atoms with Crippen LogP contribution in [0.1, 0.15) is 27.4 Å². The van der Waals surface area contributed by atoms with Crippen LogP contribution in [-0.4, -0.2) is 42.0 Å². The first-order valence-corrected chi connectivity index (χ1v) is 12.3. The van der Waals surface area contributed by atoms with Crippen LogP contribution in [0.2, 0.25) is 0 Å². The fourth-order valence-corrected chi connectivity index (χ4v) is 4.40. The van der Waals surface area contributed by atoms with Crippen molar-refractivity contribution in [2.24, 2.45) is 0 Å². The molecule has 3 amide bonds. The normalized spacial score (nSPS) is 13.9. The van der Waals surface area contributed by atoms with Crippen LogP contribution in [0.4, 0.5) is 10.5 Å². The molecule has 0 saturated carbocycles. The van der Waals surface area contributed by atoms with Crippen LogP contribution in [0.25, 0.3) is 16.8 Å². The number of benzene rings is 3. The van der Waals surface area contributed by atoms with Gasteiger partial charge in [-0.3, -0.25) is 19.8 Å². The second kappa shape index (κ2) is 11.2. The average molecular weight is 558 g/mol. The van der Waals surface area contributed by atoms with Gasteiger partial charge in [0.2, 0.25) is 11.5 Å². The van der Waals surface area contributed by atoms with Gasteiger partial charge < -0.3 is 23.9 Å². The number of hydrogen-bond acceptors (Lipinski definition) is 9. The van der Waals surface area contributed by atoms with Gasteiger partial charge in [0.15, 0.2) is 5.75 Å². The van der Waals surface area contributed by atoms with E-state index in [-0.39, 0.29) is 53.1 Å². The third-order valence-electron chi connectivity index (χ3n) is 6.36. The summed E-state index contributed by atoms with van der Waals surface area (Å²) in [5, 5.41) is 16.4. The summed E-state index contributed by atoms with van der Waals surface area (Å²) in [6.45, 7) is -0.198. The van der Waals surface area contributed by atoms with Crippen LogP contribution in [0.5, 0.6) is 11.5 Å². The number of nitro groups is 1. The molecular formula is C29H23N3O9. The third-order valence-corrected chi connectivity index (χ3v) is 6.36. The second-order valence-electron chi connectivity index (χ2n) is 8.89. The van der Waals surface area contributed by atoms with E-state index in [4.69, 9.17) is 13.9 Å². The molecule has 0 unspecified atom stereocenters. The zero-order valence-corrected chi connectivity index (χ0v) is 21.9. The molecule has 1 aliphatic rings. The number of ether oxygens (including phenoxy) is 3. The quantitative estimate of drug-likeness (QED) is 0.101. The Bertz CT molecular complexity index is 1720. The highest BCUT2D eigenvalue weighted by Gasteiger charge is 2.35. The first-order chi connectivity index (χ1) is 19.8. The summed E-state index contributed by atoms with van der Waals surface area (Å²) in [6, 6.07) is 18.2. The van der Waals surface area contributed by atoms with E-state index in [2.05, 4.69) is 10.1 Å². The number of urea groups is 1. The number of imide groups is 1. The zero-order valence-electron chi connectivity index (χ0n) is 21.9. The van der Waals surface area contributed by atoms with E-state index in [1.807, 2.05) is 42.5 Å². The molecule has 0 aliphatic carbocycles. The fraction of sp³-hybridized carbons (Fsp3) is 0.138. The Balaban J connectivity index is 1.40. The first-order valence-electron chi connectivity index (χ1n) is 12.3. The number of amides is 3. The van der Waals surface area contributed by atoms with Gasteiger partial charge in [0.05, 0.1) is 25.7 Å². The summed E-state index contributed by atoms with van der Waals surface area (Å²) in [4.78, 5) is 49.4. The zero-order chi connectivity index (χ0) is 29.1. The molecule has 1 saturated heterocycles. The minimum atomic E-state index is -0.728. The van der Waals surface area contributed by atoms with Crippen molar-refractivity contribution in [3.63, 3.8) is 0 Å². The molecule has 1 aromatic heterocycles. The molecule has 1 fully saturated rings. The molecule has 12 nitrogen and oxygen atoms in total. The SMILES string of the molecule is COC(=O)c1ccc(CN2C(=O)N/C(=C\c3cc(OC)c(OCc4cccc5ccccc45)c([N+](=O)[O-])c3)C2=O)o1. The monoisotopic (exact) mass is 557 g/mol. The number of nitrogens with one attached hydrogen (secondary N) is 1. The van der Waals surface area contributed by atoms with Crippen molar-refractivity contribution >= 4 is 40.4 Å². The highest BCUT2D eigenvalue weighted by molar-refractivity contribution is 6.14. The maximum atomic E-state index is 13.0. The van der Waals surface area contributed by atoms with Crippen molar-refractivity contribution in [3.8, 4) is 11.5 Å². The standard InChI is InChI=1S/C29H23N3O9/c1-38-25-14-17(12-22-27(33)31(29(35)30-22)15-20-10-11-24(41-20)28(34)39-2)13-23(32(36)37)26(25)40-16-19-8-5-7-18-6-3-4-9-21(18)19/h3-14H,15-16H2,1-2H3,(H,30,35)/b22-12-. The Morgan fingerprint density at radius 2 is 1.85 bits per heavy atom. The Kier molecular flexibility index (Phi) is 7.37. The molecule has 41 heavy (non-hydrogen) atoms. The maximum absolute atomic E-state index is 13.0. The van der Waals surface area contributed by atoms with Crippen LogP contribution in [-0.2, 0) is 22.7 Å². The van der Waals surface area contributed by atoms with Crippen LogP contribution in [0.15, 0.2) is 76.8 Å². The van der Waals surface area contributed by atoms with Gasteiger partial charge in [0.1, 0.15) is 18.1 Å². The van der Waals surface area contributed by atoms with E-state index in [0.29, 0.717) is 0 Å². The summed E-state index contributed by atoms with van der Waals surface area (Å²) < 4.78 is 21.2. The largest absolute Gasteiger partial charge is 0.493 e. The molecule has 12 heteroatoms. The van der Waals surface area contributed by atoms with Gasteiger partial charge in [-0.1, -0.05) is 42.5 Å². The van der Waals surface area contributed by atoms with Gasteiger partial charge in [-0.15, -0.1) is 0 Å². The summed E-state index contributed by atoms with van der Waals surface area (Å²) in [5.41, 5.74) is 0.564. The van der Waals surface area contributed by atoms with Gasteiger partial charge >= 0.3 is 17.7 Å². The van der Waals surface area contributed by atoms with E-state index in [1.54, 1.807) is 0 Å². The topological polar surface area (TPSA) is 150 Å². The highest BCUT2D eigenvalue weighted by Crippen LogP contribution is 2.40. The van der Waals surface area contributed by atoms with Crippen LogP contribution >= 0.6 is 0 Å². The molecule has 3 aromatic carbocycles. The summed E-state index contributed by atoms with van der Waals surface area (Å²) in [5.74, 6) is -1.29. The van der Waals surface area contributed by atoms with Gasteiger partial charge in [-0.05, 0) is 46.2 Å². The predicted molar refractivity (Wildman–Crippen MR) is 145 cm³/mol. The average Bonchev–Trinajstić information content (AvgIpc) is 3.55. The first kappa shape index (κ1) is 26.9. The van der Waals surface area contributed by atoms with E-state index < -0.39 is 22.8 Å². The molecule has 0 atom stereocenters. The lowest BCUT2D eigenvalue weighted by Gasteiger charge is -2.13. The summed E-state index contributed by atoms with van der Waals surface area (Å²) in [6.07, 6.45) is 1.30. The number of nitro benzene ring substituents is 1. The lowest BCUT2D eigenvalue weighted by molar-refractivity contribution is -0.386. The van der Waals surface area contributed by atoms with E-state index in [0.717, 1.165) is 21.2 Å². The third kappa shape index (κ3) is 5.43. The van der Waals surface area contributed by atoms with E-state index >= 15 is 0 Å². The lowest BCUT2D eigenvalue weighted by atomic mass is 10.1. The molecule has 2 heterocycles. The minimum absolute atomic E-state index is 0.0486. The molecule has 0 spiro atoms. The maximum Gasteiger partial charge on any atom is 0.373 e. The Labute approximate surface area is 232 Å². The summed E-state index contributed by atoms with van der Waals surface area (Å²) in [7, 11) is 2.54.